The molecule has 0 radical (unpaired) electrons. The molecule has 1 saturated carbocycles. The van der Waals surface area contributed by atoms with Gasteiger partial charge in [-0.2, -0.15) is 5.10 Å². The van der Waals surface area contributed by atoms with Gasteiger partial charge in [-0.15, -0.1) is 0 Å². The number of aryl methyl sites for hydroxylation is 1. The van der Waals surface area contributed by atoms with E-state index >= 15 is 0 Å². The van der Waals surface area contributed by atoms with Gasteiger partial charge in [0.05, 0.1) is 0 Å². The van der Waals surface area contributed by atoms with E-state index in [1.165, 1.54) is 0 Å². The van der Waals surface area contributed by atoms with Crippen LogP contribution in [-0.2, 0) is 16.6 Å². The van der Waals surface area contributed by atoms with Crippen molar-refractivity contribution in [2.75, 3.05) is 6.54 Å². The number of hydrogen-bond acceptors (Lipinski definition) is 4. The molecule has 1 aromatic rings. The zero-order valence-corrected chi connectivity index (χ0v) is 13.2. The highest BCUT2D eigenvalue weighted by atomic mass is 32.2. The van der Waals surface area contributed by atoms with Crippen molar-refractivity contribution in [3.8, 4) is 0 Å². The molecule has 1 heterocycles. The van der Waals surface area contributed by atoms with E-state index in [0.717, 1.165) is 37.1 Å². The Morgan fingerprint density at radius 1 is 1.40 bits per heavy atom. The molecule has 0 amide bonds. The first kappa shape index (κ1) is 15.5. The van der Waals surface area contributed by atoms with Crippen molar-refractivity contribution < 1.29 is 8.42 Å². The van der Waals surface area contributed by atoms with Crippen molar-refractivity contribution in [2.45, 2.75) is 57.6 Å². The van der Waals surface area contributed by atoms with Gasteiger partial charge in [0.25, 0.3) is 10.0 Å². The molecule has 1 aliphatic carbocycles. The molecule has 0 aromatic carbocycles. The van der Waals surface area contributed by atoms with Crippen molar-refractivity contribution in [3.05, 3.63) is 11.3 Å². The second-order valence-corrected chi connectivity index (χ2v) is 7.33. The third-order valence-corrected chi connectivity index (χ3v) is 5.21. The second-order valence-electron chi connectivity index (χ2n) is 5.70. The molecular formula is C13H24N4O2S. The van der Waals surface area contributed by atoms with E-state index in [0.29, 0.717) is 12.5 Å². The molecule has 114 valence electrons. The first-order valence-corrected chi connectivity index (χ1v) is 8.69. The van der Waals surface area contributed by atoms with E-state index in [2.05, 4.69) is 34.1 Å². The molecule has 0 unspecified atom stereocenters. The molecule has 7 heteroatoms. The molecule has 0 saturated heterocycles. The molecule has 1 aromatic heterocycles. The Kier molecular flexibility index (Phi) is 4.82. The largest absolute Gasteiger partial charge is 0.313 e. The Labute approximate surface area is 120 Å². The van der Waals surface area contributed by atoms with Crippen molar-refractivity contribution in [3.63, 3.8) is 0 Å². The molecule has 2 rings (SSSR count). The predicted molar refractivity (Wildman–Crippen MR) is 77.8 cm³/mol. The van der Waals surface area contributed by atoms with Crippen molar-refractivity contribution in [1.29, 1.82) is 0 Å². The highest BCUT2D eigenvalue weighted by molar-refractivity contribution is 7.89. The summed E-state index contributed by atoms with van der Waals surface area (Å²) in [5.74, 6) is 0.606. The summed E-state index contributed by atoms with van der Waals surface area (Å²) in [5.41, 5.74) is 1.54. The van der Waals surface area contributed by atoms with Gasteiger partial charge in [0.2, 0.25) is 0 Å². The van der Waals surface area contributed by atoms with E-state index in [-0.39, 0.29) is 11.1 Å². The van der Waals surface area contributed by atoms with Gasteiger partial charge in [-0.05, 0) is 38.6 Å². The quantitative estimate of drug-likeness (QED) is 0.662. The number of H-pyrrole nitrogens is 1. The fourth-order valence-corrected chi connectivity index (χ4v) is 3.98. The molecule has 20 heavy (non-hydrogen) atoms. The average molecular weight is 300 g/mol. The van der Waals surface area contributed by atoms with Crippen LogP contribution in [0, 0.1) is 12.8 Å². The van der Waals surface area contributed by atoms with Gasteiger partial charge in [0, 0.05) is 23.8 Å². The number of sulfonamides is 1. The van der Waals surface area contributed by atoms with Crippen LogP contribution in [0.3, 0.4) is 0 Å². The number of rotatable bonds is 7. The molecule has 1 aliphatic rings. The lowest BCUT2D eigenvalue weighted by molar-refractivity contribution is 0.270. The van der Waals surface area contributed by atoms with Gasteiger partial charge in [0.15, 0.2) is 5.03 Å². The summed E-state index contributed by atoms with van der Waals surface area (Å²) < 4.78 is 27.5. The molecule has 6 nitrogen and oxygen atoms in total. The number of nitrogens with zero attached hydrogens (tertiary/aromatic N) is 1. The number of hydrogen-bond donors (Lipinski definition) is 3. The van der Waals surface area contributed by atoms with Gasteiger partial charge in [-0.25, -0.2) is 13.1 Å². The monoisotopic (exact) mass is 300 g/mol. The van der Waals surface area contributed by atoms with Gasteiger partial charge in [-0.1, -0.05) is 13.8 Å². The maximum Gasteiger partial charge on any atom is 0.260 e. The lowest BCUT2D eigenvalue weighted by Crippen LogP contribution is -2.43. The Morgan fingerprint density at radius 2 is 2.10 bits per heavy atom. The summed E-state index contributed by atoms with van der Waals surface area (Å²) in [4.78, 5) is 0. The van der Waals surface area contributed by atoms with Crippen LogP contribution in [0.15, 0.2) is 5.03 Å². The second kappa shape index (κ2) is 6.24. The van der Waals surface area contributed by atoms with Crippen LogP contribution in [0.4, 0.5) is 0 Å². The van der Waals surface area contributed by atoms with E-state index in [4.69, 9.17) is 0 Å². The number of aromatic amines is 1. The summed E-state index contributed by atoms with van der Waals surface area (Å²) in [7, 11) is -3.52. The first-order valence-electron chi connectivity index (χ1n) is 7.21. The molecule has 0 aliphatic heterocycles. The van der Waals surface area contributed by atoms with E-state index < -0.39 is 10.0 Å². The topological polar surface area (TPSA) is 86.9 Å². The minimum Gasteiger partial charge on any atom is -0.313 e. The third kappa shape index (κ3) is 3.39. The Bertz CT molecular complexity index is 547. The lowest BCUT2D eigenvalue weighted by Gasteiger charge is -2.32. The zero-order chi connectivity index (χ0) is 14.8. The minimum absolute atomic E-state index is 0.0588. The maximum atomic E-state index is 12.4. The predicted octanol–water partition coefficient (Wildman–Crippen LogP) is 1.29. The normalized spacial score (nSPS) is 22.8. The van der Waals surface area contributed by atoms with Crippen LogP contribution >= 0.6 is 0 Å². The van der Waals surface area contributed by atoms with Crippen LogP contribution < -0.4 is 10.0 Å². The maximum absolute atomic E-state index is 12.4. The Balaban J connectivity index is 2.10. The van der Waals surface area contributed by atoms with Crippen LogP contribution in [0.5, 0.6) is 0 Å². The fourth-order valence-electron chi connectivity index (χ4n) is 2.52. The third-order valence-electron chi connectivity index (χ3n) is 3.71. The van der Waals surface area contributed by atoms with Crippen LogP contribution in [0.2, 0.25) is 0 Å². The molecule has 0 atom stereocenters. The van der Waals surface area contributed by atoms with E-state index in [1.807, 2.05) is 6.92 Å². The van der Waals surface area contributed by atoms with Crippen molar-refractivity contribution >= 4 is 10.0 Å². The Morgan fingerprint density at radius 3 is 2.70 bits per heavy atom. The Hall–Kier alpha value is -0.920. The van der Waals surface area contributed by atoms with E-state index in [9.17, 15) is 8.42 Å². The molecule has 0 spiro atoms. The van der Waals surface area contributed by atoms with Gasteiger partial charge >= 0.3 is 0 Å². The summed E-state index contributed by atoms with van der Waals surface area (Å²) in [5, 5.41) is 10.1. The molecule has 1 fully saturated rings. The summed E-state index contributed by atoms with van der Waals surface area (Å²) in [6.45, 7) is 7.43. The highest BCUT2D eigenvalue weighted by Crippen LogP contribution is 2.28. The number of nitrogens with one attached hydrogen (secondary N) is 3. The van der Waals surface area contributed by atoms with E-state index in [1.54, 1.807) is 0 Å². The highest BCUT2D eigenvalue weighted by Gasteiger charge is 2.32. The first-order chi connectivity index (χ1) is 9.44. The fraction of sp³-hybridized carbons (Fsp3) is 0.769. The smallest absolute Gasteiger partial charge is 0.260 e. The molecular weight excluding hydrogens is 276 g/mol. The number of aromatic nitrogens is 2. The molecule has 0 bridgehead atoms. The van der Waals surface area contributed by atoms with Gasteiger partial charge in [0.1, 0.15) is 0 Å². The average Bonchev–Trinajstić information content (AvgIpc) is 2.70. The summed E-state index contributed by atoms with van der Waals surface area (Å²) >= 11 is 0. The van der Waals surface area contributed by atoms with Crippen LogP contribution in [-0.4, -0.2) is 31.2 Å². The SMILES string of the molecule is CCCNCc1c(S(=O)(=O)NC2CC(C)C2)n[nH]c1C. The minimum atomic E-state index is -3.52. The summed E-state index contributed by atoms with van der Waals surface area (Å²) in [6, 6.07) is 0.0588. The van der Waals surface area contributed by atoms with Crippen LogP contribution in [0.25, 0.3) is 0 Å². The summed E-state index contributed by atoms with van der Waals surface area (Å²) in [6.07, 6.45) is 2.83. The van der Waals surface area contributed by atoms with Crippen molar-refractivity contribution in [1.82, 2.24) is 20.2 Å². The van der Waals surface area contributed by atoms with Gasteiger partial charge in [-0.3, -0.25) is 5.10 Å². The standard InChI is InChI=1S/C13H24N4O2S/c1-4-5-14-8-12-10(3)15-16-13(12)20(18,19)17-11-6-9(2)7-11/h9,11,14,17H,4-8H2,1-3H3,(H,15,16). The van der Waals surface area contributed by atoms with Crippen molar-refractivity contribution in [2.24, 2.45) is 5.92 Å². The zero-order valence-electron chi connectivity index (χ0n) is 12.4. The molecule has 3 N–H and O–H groups in total. The van der Waals surface area contributed by atoms with Crippen LogP contribution in [0.1, 0.15) is 44.4 Å². The van der Waals surface area contributed by atoms with Gasteiger partial charge < -0.3 is 5.32 Å². The lowest BCUT2D eigenvalue weighted by atomic mass is 9.83.